The SMILES string of the molecule is CN(C)C1=C(c2ccccc2C=NNC(C)(C)C)CC=C1. The number of benzene rings is 1. The summed E-state index contributed by atoms with van der Waals surface area (Å²) in [6.07, 6.45) is 7.30. The van der Waals surface area contributed by atoms with Crippen molar-refractivity contribution in [1.29, 1.82) is 0 Å². The number of hydrogen-bond acceptors (Lipinski definition) is 3. The molecule has 0 saturated heterocycles. The van der Waals surface area contributed by atoms with Crippen LogP contribution in [0.3, 0.4) is 0 Å². The van der Waals surface area contributed by atoms with E-state index in [-0.39, 0.29) is 5.54 Å². The predicted octanol–water partition coefficient (Wildman–Crippen LogP) is 3.64. The average Bonchev–Trinajstić information content (AvgIpc) is 2.87. The van der Waals surface area contributed by atoms with Crippen LogP contribution in [0.5, 0.6) is 0 Å². The van der Waals surface area contributed by atoms with E-state index < -0.39 is 0 Å². The molecule has 0 bridgehead atoms. The van der Waals surface area contributed by atoms with Crippen LogP contribution in [0, 0.1) is 0 Å². The van der Waals surface area contributed by atoms with Gasteiger partial charge in [0.25, 0.3) is 0 Å². The molecular weight excluding hydrogens is 258 g/mol. The van der Waals surface area contributed by atoms with Gasteiger partial charge in [0.1, 0.15) is 0 Å². The standard InChI is InChI=1S/C18H25N3/c1-18(2,3)20-19-13-14-9-6-7-10-15(14)16-11-8-12-17(16)21(4)5/h6-10,12-13,20H,11H2,1-5H3. The number of hydrazone groups is 1. The van der Waals surface area contributed by atoms with E-state index in [1.165, 1.54) is 16.8 Å². The van der Waals surface area contributed by atoms with Crippen LogP contribution in [-0.2, 0) is 0 Å². The van der Waals surface area contributed by atoms with Crippen molar-refractivity contribution >= 4 is 11.8 Å². The molecule has 3 heteroatoms. The summed E-state index contributed by atoms with van der Waals surface area (Å²) in [5.41, 5.74) is 8.17. The fraction of sp³-hybridized carbons (Fsp3) is 0.389. The van der Waals surface area contributed by atoms with E-state index >= 15 is 0 Å². The largest absolute Gasteiger partial charge is 0.377 e. The number of allylic oxidation sites excluding steroid dienone is 3. The molecule has 112 valence electrons. The number of rotatable bonds is 4. The third-order valence-electron chi connectivity index (χ3n) is 3.28. The minimum atomic E-state index is -0.0194. The summed E-state index contributed by atoms with van der Waals surface area (Å²) in [7, 11) is 4.17. The van der Waals surface area contributed by atoms with Crippen molar-refractivity contribution in [2.45, 2.75) is 32.7 Å². The predicted molar refractivity (Wildman–Crippen MR) is 91.3 cm³/mol. The fourth-order valence-electron chi connectivity index (χ4n) is 2.34. The molecule has 2 rings (SSSR count). The molecule has 0 unspecified atom stereocenters. The maximum atomic E-state index is 4.38. The summed E-state index contributed by atoms with van der Waals surface area (Å²) in [5, 5.41) is 4.38. The third kappa shape index (κ3) is 3.97. The highest BCUT2D eigenvalue weighted by atomic mass is 15.3. The van der Waals surface area contributed by atoms with Crippen LogP contribution in [0.25, 0.3) is 5.57 Å². The van der Waals surface area contributed by atoms with Gasteiger partial charge in [0.2, 0.25) is 0 Å². The van der Waals surface area contributed by atoms with Gasteiger partial charge in [-0.2, -0.15) is 5.10 Å². The molecule has 21 heavy (non-hydrogen) atoms. The van der Waals surface area contributed by atoms with E-state index in [0.717, 1.165) is 12.0 Å². The van der Waals surface area contributed by atoms with E-state index in [0.29, 0.717) is 0 Å². The first-order chi connectivity index (χ1) is 9.88. The Morgan fingerprint density at radius 1 is 1.19 bits per heavy atom. The van der Waals surface area contributed by atoms with Crippen LogP contribution in [0.15, 0.2) is 47.2 Å². The van der Waals surface area contributed by atoms with E-state index in [1.807, 2.05) is 6.21 Å². The normalized spacial score (nSPS) is 15.1. The van der Waals surface area contributed by atoms with Crippen LogP contribution in [-0.4, -0.2) is 30.7 Å². The maximum Gasteiger partial charge on any atom is 0.0546 e. The van der Waals surface area contributed by atoms with Gasteiger partial charge in [-0.3, -0.25) is 0 Å². The Balaban J connectivity index is 2.32. The minimum Gasteiger partial charge on any atom is -0.377 e. The molecule has 1 aliphatic carbocycles. The smallest absolute Gasteiger partial charge is 0.0546 e. The lowest BCUT2D eigenvalue weighted by atomic mass is 9.98. The van der Waals surface area contributed by atoms with Gasteiger partial charge in [0.05, 0.1) is 6.21 Å². The second kappa shape index (κ2) is 6.17. The highest BCUT2D eigenvalue weighted by Crippen LogP contribution is 2.31. The van der Waals surface area contributed by atoms with Gasteiger partial charge in [-0.1, -0.05) is 30.3 Å². The van der Waals surface area contributed by atoms with Gasteiger partial charge < -0.3 is 10.3 Å². The number of nitrogens with zero attached hydrogens (tertiary/aromatic N) is 2. The van der Waals surface area contributed by atoms with Crippen molar-refractivity contribution in [3.05, 3.63) is 53.2 Å². The van der Waals surface area contributed by atoms with E-state index in [2.05, 4.69) is 86.7 Å². The zero-order chi connectivity index (χ0) is 15.5. The highest BCUT2D eigenvalue weighted by Gasteiger charge is 2.15. The van der Waals surface area contributed by atoms with Gasteiger partial charge >= 0.3 is 0 Å². The van der Waals surface area contributed by atoms with E-state index in [1.54, 1.807) is 0 Å². The van der Waals surface area contributed by atoms with Gasteiger partial charge in [0, 0.05) is 30.9 Å². The molecule has 1 aromatic rings. The Bertz CT molecular complexity index is 587. The van der Waals surface area contributed by atoms with Gasteiger partial charge in [-0.15, -0.1) is 0 Å². The van der Waals surface area contributed by atoms with Crippen molar-refractivity contribution in [3.63, 3.8) is 0 Å². The topological polar surface area (TPSA) is 27.6 Å². The van der Waals surface area contributed by atoms with Crippen molar-refractivity contribution in [3.8, 4) is 0 Å². The summed E-state index contributed by atoms with van der Waals surface area (Å²) in [6.45, 7) is 6.30. The molecule has 0 aromatic heterocycles. The molecule has 1 aliphatic rings. The summed E-state index contributed by atoms with van der Waals surface area (Å²) in [6, 6.07) is 8.43. The summed E-state index contributed by atoms with van der Waals surface area (Å²) < 4.78 is 0. The zero-order valence-electron chi connectivity index (χ0n) is 13.6. The molecular formula is C18H25N3. The molecule has 0 saturated carbocycles. The van der Waals surface area contributed by atoms with E-state index in [4.69, 9.17) is 0 Å². The number of hydrogen-bond donors (Lipinski definition) is 1. The Kier molecular flexibility index (Phi) is 4.51. The molecule has 0 aliphatic heterocycles. The summed E-state index contributed by atoms with van der Waals surface area (Å²) >= 11 is 0. The van der Waals surface area contributed by atoms with Crippen molar-refractivity contribution in [1.82, 2.24) is 10.3 Å². The van der Waals surface area contributed by atoms with Crippen molar-refractivity contribution < 1.29 is 0 Å². The average molecular weight is 283 g/mol. The van der Waals surface area contributed by atoms with Crippen LogP contribution in [0.2, 0.25) is 0 Å². The fourth-order valence-corrected chi connectivity index (χ4v) is 2.34. The molecule has 0 fully saturated rings. The Morgan fingerprint density at radius 2 is 1.90 bits per heavy atom. The second-order valence-corrected chi connectivity index (χ2v) is 6.57. The molecule has 0 spiro atoms. The Morgan fingerprint density at radius 3 is 2.57 bits per heavy atom. The van der Waals surface area contributed by atoms with Crippen molar-refractivity contribution in [2.24, 2.45) is 5.10 Å². The summed E-state index contributed by atoms with van der Waals surface area (Å²) in [5.74, 6) is 0. The maximum absolute atomic E-state index is 4.38. The van der Waals surface area contributed by atoms with E-state index in [9.17, 15) is 0 Å². The summed E-state index contributed by atoms with van der Waals surface area (Å²) in [4.78, 5) is 2.17. The van der Waals surface area contributed by atoms with Gasteiger partial charge in [-0.05, 0) is 44.4 Å². The monoisotopic (exact) mass is 283 g/mol. The lowest BCUT2D eigenvalue weighted by Crippen LogP contribution is -2.31. The first-order valence-corrected chi connectivity index (χ1v) is 7.35. The molecule has 1 aromatic carbocycles. The minimum absolute atomic E-state index is 0.0194. The lowest BCUT2D eigenvalue weighted by molar-refractivity contribution is 0.442. The molecule has 0 atom stereocenters. The van der Waals surface area contributed by atoms with Crippen LogP contribution >= 0.6 is 0 Å². The Hall–Kier alpha value is -2.03. The van der Waals surface area contributed by atoms with Gasteiger partial charge in [0.15, 0.2) is 0 Å². The van der Waals surface area contributed by atoms with Crippen LogP contribution in [0.4, 0.5) is 0 Å². The number of likely N-dealkylation sites (N-methyl/N-ethyl adjacent to an activating group) is 1. The van der Waals surface area contributed by atoms with Crippen LogP contribution < -0.4 is 5.43 Å². The second-order valence-electron chi connectivity index (χ2n) is 6.57. The van der Waals surface area contributed by atoms with Crippen LogP contribution in [0.1, 0.15) is 38.3 Å². The van der Waals surface area contributed by atoms with Gasteiger partial charge in [-0.25, -0.2) is 0 Å². The highest BCUT2D eigenvalue weighted by molar-refractivity contribution is 5.90. The first-order valence-electron chi connectivity index (χ1n) is 7.35. The quantitative estimate of drug-likeness (QED) is 0.675. The zero-order valence-corrected chi connectivity index (χ0v) is 13.6. The third-order valence-corrected chi connectivity index (χ3v) is 3.28. The molecule has 1 N–H and O–H groups in total. The molecule has 0 heterocycles. The molecule has 0 radical (unpaired) electrons. The number of nitrogens with one attached hydrogen (secondary N) is 1. The first kappa shape index (κ1) is 15.4. The molecule has 0 amide bonds. The van der Waals surface area contributed by atoms with Crippen molar-refractivity contribution in [2.75, 3.05) is 14.1 Å². The molecule has 3 nitrogen and oxygen atoms in total. The Labute approximate surface area is 128 Å². The lowest BCUT2D eigenvalue weighted by Gasteiger charge is -2.18.